The van der Waals surface area contributed by atoms with Gasteiger partial charge in [-0.05, 0) is 24.0 Å². The summed E-state index contributed by atoms with van der Waals surface area (Å²) >= 11 is 0. The summed E-state index contributed by atoms with van der Waals surface area (Å²) in [6.07, 6.45) is 9.20. The first-order valence-electron chi connectivity index (χ1n) is 5.72. The molecule has 1 rings (SSSR count). The van der Waals surface area contributed by atoms with Crippen LogP contribution in [-0.2, 0) is 0 Å². The number of hydrogen-bond acceptors (Lipinski definition) is 0. The van der Waals surface area contributed by atoms with Gasteiger partial charge in [-0.3, -0.25) is 0 Å². The summed E-state index contributed by atoms with van der Waals surface area (Å²) < 4.78 is 0. The minimum Gasteiger partial charge on any atom is -0.0949 e. The molecule has 0 radical (unpaired) electrons. The van der Waals surface area contributed by atoms with E-state index in [-0.39, 0.29) is 0 Å². The molecule has 0 saturated carbocycles. The molecule has 1 aromatic rings. The van der Waals surface area contributed by atoms with Crippen LogP contribution in [0.2, 0.25) is 0 Å². The average molecular weight is 200 g/mol. The standard InChI is InChI=1S/C15H20/c1-3-4-5-6-8-11-14(2)15-12-9-7-10-13-15/h6-10,12-13H,2-5,11H2,1H3. The van der Waals surface area contributed by atoms with Crippen LogP contribution in [0, 0.1) is 0 Å². The lowest BCUT2D eigenvalue weighted by Crippen LogP contribution is -1.79. The Hall–Kier alpha value is -1.30. The van der Waals surface area contributed by atoms with Crippen LogP contribution in [0.5, 0.6) is 0 Å². The fourth-order valence-electron chi connectivity index (χ4n) is 1.46. The second kappa shape index (κ2) is 7.05. The molecule has 0 N–H and O–H groups in total. The molecule has 80 valence electrons. The second-order valence-electron chi connectivity index (χ2n) is 3.79. The molecule has 0 saturated heterocycles. The summed E-state index contributed by atoms with van der Waals surface area (Å²) in [5.74, 6) is 0. The van der Waals surface area contributed by atoms with Gasteiger partial charge in [-0.1, -0.05) is 68.8 Å². The van der Waals surface area contributed by atoms with Crippen molar-refractivity contribution in [3.05, 3.63) is 54.6 Å². The maximum atomic E-state index is 4.09. The second-order valence-corrected chi connectivity index (χ2v) is 3.79. The highest BCUT2D eigenvalue weighted by atomic mass is 14.0. The average Bonchev–Trinajstić information content (AvgIpc) is 2.30. The van der Waals surface area contributed by atoms with E-state index in [2.05, 4.69) is 49.9 Å². The highest BCUT2D eigenvalue weighted by molar-refractivity contribution is 5.64. The van der Waals surface area contributed by atoms with Crippen LogP contribution >= 0.6 is 0 Å². The molecule has 0 aromatic heterocycles. The first kappa shape index (κ1) is 11.8. The smallest absolute Gasteiger partial charge is 0.00974 e. The van der Waals surface area contributed by atoms with Crippen molar-refractivity contribution < 1.29 is 0 Å². The lowest BCUT2D eigenvalue weighted by Gasteiger charge is -2.01. The third kappa shape index (κ3) is 4.64. The number of allylic oxidation sites excluding steroid dienone is 3. The predicted octanol–water partition coefficient (Wildman–Crippen LogP) is 4.84. The Morgan fingerprint density at radius 2 is 1.93 bits per heavy atom. The Morgan fingerprint density at radius 1 is 1.20 bits per heavy atom. The minimum atomic E-state index is 0.966. The third-order valence-corrected chi connectivity index (χ3v) is 2.44. The van der Waals surface area contributed by atoms with E-state index in [4.69, 9.17) is 0 Å². The van der Waals surface area contributed by atoms with E-state index >= 15 is 0 Å². The van der Waals surface area contributed by atoms with Crippen molar-refractivity contribution in [1.82, 2.24) is 0 Å². The van der Waals surface area contributed by atoms with E-state index in [9.17, 15) is 0 Å². The summed E-state index contributed by atoms with van der Waals surface area (Å²) in [5.41, 5.74) is 2.45. The summed E-state index contributed by atoms with van der Waals surface area (Å²) in [6, 6.07) is 10.4. The number of benzene rings is 1. The van der Waals surface area contributed by atoms with Gasteiger partial charge in [-0.2, -0.15) is 0 Å². The molecule has 0 fully saturated rings. The zero-order chi connectivity index (χ0) is 10.9. The molecule has 15 heavy (non-hydrogen) atoms. The van der Waals surface area contributed by atoms with Gasteiger partial charge < -0.3 is 0 Å². The van der Waals surface area contributed by atoms with Gasteiger partial charge >= 0.3 is 0 Å². The van der Waals surface area contributed by atoms with Crippen molar-refractivity contribution >= 4 is 5.57 Å². The van der Waals surface area contributed by atoms with E-state index in [1.165, 1.54) is 30.4 Å². The molecular weight excluding hydrogens is 180 g/mol. The molecule has 0 atom stereocenters. The predicted molar refractivity (Wildman–Crippen MR) is 68.8 cm³/mol. The first-order valence-corrected chi connectivity index (χ1v) is 5.72. The van der Waals surface area contributed by atoms with Crippen molar-refractivity contribution in [2.45, 2.75) is 32.6 Å². The van der Waals surface area contributed by atoms with Crippen LogP contribution in [0.25, 0.3) is 5.57 Å². The molecule has 0 unspecified atom stereocenters. The number of hydrogen-bond donors (Lipinski definition) is 0. The normalized spacial score (nSPS) is 10.7. The van der Waals surface area contributed by atoms with Gasteiger partial charge in [0.15, 0.2) is 0 Å². The topological polar surface area (TPSA) is 0 Å². The van der Waals surface area contributed by atoms with Gasteiger partial charge in [-0.15, -0.1) is 0 Å². The van der Waals surface area contributed by atoms with Crippen LogP contribution in [0.15, 0.2) is 49.1 Å². The van der Waals surface area contributed by atoms with Gasteiger partial charge in [0.25, 0.3) is 0 Å². The molecule has 0 spiro atoms. The lowest BCUT2D eigenvalue weighted by molar-refractivity contribution is 0.813. The van der Waals surface area contributed by atoms with Gasteiger partial charge in [0.2, 0.25) is 0 Å². The molecule has 0 aliphatic carbocycles. The van der Waals surface area contributed by atoms with Crippen molar-refractivity contribution in [2.75, 3.05) is 0 Å². The lowest BCUT2D eigenvalue weighted by atomic mass is 10.0. The highest BCUT2D eigenvalue weighted by Crippen LogP contribution is 2.15. The van der Waals surface area contributed by atoms with E-state index in [0.717, 1.165) is 6.42 Å². The van der Waals surface area contributed by atoms with Gasteiger partial charge in [0.1, 0.15) is 0 Å². The van der Waals surface area contributed by atoms with E-state index in [0.29, 0.717) is 0 Å². The summed E-state index contributed by atoms with van der Waals surface area (Å²) in [6.45, 7) is 6.31. The Balaban J connectivity index is 2.34. The van der Waals surface area contributed by atoms with Crippen LogP contribution in [0.1, 0.15) is 38.2 Å². The van der Waals surface area contributed by atoms with Crippen LogP contribution in [0.4, 0.5) is 0 Å². The SMILES string of the molecule is C=C(CC=CCCCC)c1ccccc1. The molecule has 0 aliphatic heterocycles. The molecule has 0 heterocycles. The molecule has 1 aromatic carbocycles. The minimum absolute atomic E-state index is 0.966. The molecule has 0 aliphatic rings. The van der Waals surface area contributed by atoms with Gasteiger partial charge in [0.05, 0.1) is 0 Å². The van der Waals surface area contributed by atoms with E-state index in [1.54, 1.807) is 0 Å². The number of rotatable bonds is 6. The maximum Gasteiger partial charge on any atom is -0.00974 e. The largest absolute Gasteiger partial charge is 0.0949 e. The van der Waals surface area contributed by atoms with Crippen molar-refractivity contribution in [1.29, 1.82) is 0 Å². The summed E-state index contributed by atoms with van der Waals surface area (Å²) in [4.78, 5) is 0. The molecule has 0 amide bonds. The van der Waals surface area contributed by atoms with Crippen molar-refractivity contribution in [3.63, 3.8) is 0 Å². The van der Waals surface area contributed by atoms with Gasteiger partial charge in [-0.25, -0.2) is 0 Å². The monoisotopic (exact) mass is 200 g/mol. The third-order valence-electron chi connectivity index (χ3n) is 2.44. The highest BCUT2D eigenvalue weighted by Gasteiger charge is 1.93. The van der Waals surface area contributed by atoms with Gasteiger partial charge in [0, 0.05) is 0 Å². The summed E-state index contributed by atoms with van der Waals surface area (Å²) in [7, 11) is 0. The van der Waals surface area contributed by atoms with Crippen LogP contribution in [0.3, 0.4) is 0 Å². The Labute approximate surface area is 93.3 Å². The Bertz CT molecular complexity index is 306. The fourth-order valence-corrected chi connectivity index (χ4v) is 1.46. The van der Waals surface area contributed by atoms with E-state index < -0.39 is 0 Å². The molecule has 0 bridgehead atoms. The first-order chi connectivity index (χ1) is 7.34. The van der Waals surface area contributed by atoms with E-state index in [1.807, 2.05) is 6.07 Å². The maximum absolute atomic E-state index is 4.09. The Morgan fingerprint density at radius 3 is 2.60 bits per heavy atom. The van der Waals surface area contributed by atoms with Crippen molar-refractivity contribution in [2.24, 2.45) is 0 Å². The summed E-state index contributed by atoms with van der Waals surface area (Å²) in [5, 5.41) is 0. The molecular formula is C15H20. The zero-order valence-corrected chi connectivity index (χ0v) is 9.58. The quantitative estimate of drug-likeness (QED) is 0.455. The van der Waals surface area contributed by atoms with Crippen molar-refractivity contribution in [3.8, 4) is 0 Å². The van der Waals surface area contributed by atoms with Crippen LogP contribution < -0.4 is 0 Å². The number of unbranched alkanes of at least 4 members (excludes halogenated alkanes) is 2. The molecule has 0 heteroatoms. The fraction of sp³-hybridized carbons (Fsp3) is 0.333. The molecule has 0 nitrogen and oxygen atoms in total. The Kier molecular flexibility index (Phi) is 5.54. The zero-order valence-electron chi connectivity index (χ0n) is 9.58. The van der Waals surface area contributed by atoms with Crippen LogP contribution in [-0.4, -0.2) is 0 Å².